The van der Waals surface area contributed by atoms with Crippen molar-refractivity contribution >= 4 is 11.8 Å². The van der Waals surface area contributed by atoms with E-state index in [1.165, 1.54) is 11.0 Å². The molecule has 0 aliphatic carbocycles. The molecule has 0 bridgehead atoms. The summed E-state index contributed by atoms with van der Waals surface area (Å²) < 4.78 is 84.2. The molecule has 3 saturated heterocycles. The molecule has 1 aromatic rings. The Kier molecular flexibility index (Phi) is 7.19. The zero-order valence-electron chi connectivity index (χ0n) is 19.7. The van der Waals surface area contributed by atoms with Gasteiger partial charge >= 0.3 is 18.4 Å². The monoisotopic (exact) mass is 507 g/mol. The second-order valence-corrected chi connectivity index (χ2v) is 10.0. The van der Waals surface area contributed by atoms with Crippen molar-refractivity contribution in [2.45, 2.75) is 64.0 Å². The molecule has 196 valence electrons. The van der Waals surface area contributed by atoms with Gasteiger partial charge < -0.3 is 14.5 Å². The average molecular weight is 508 g/mol. The first-order valence-electron chi connectivity index (χ1n) is 12.1. The predicted octanol–water partition coefficient (Wildman–Crippen LogP) is 5.68. The van der Waals surface area contributed by atoms with Crippen LogP contribution < -0.4 is 4.90 Å². The fourth-order valence-corrected chi connectivity index (χ4v) is 5.51. The fourth-order valence-electron chi connectivity index (χ4n) is 5.51. The number of alkyl halides is 6. The summed E-state index contributed by atoms with van der Waals surface area (Å²) in [4.78, 5) is 17.5. The number of rotatable bonds is 4. The smallest absolute Gasteiger partial charge is 0.425 e. The van der Waals surface area contributed by atoms with Gasteiger partial charge in [0, 0.05) is 50.5 Å². The van der Waals surface area contributed by atoms with Gasteiger partial charge in [0.1, 0.15) is 0 Å². The molecule has 3 aliphatic rings. The zero-order valence-corrected chi connectivity index (χ0v) is 19.7. The first kappa shape index (κ1) is 25.9. The van der Waals surface area contributed by atoms with Crippen molar-refractivity contribution in [1.29, 1.82) is 0 Å². The molecular formula is C24H31F6N3O2. The Morgan fingerprint density at radius 2 is 1.63 bits per heavy atom. The molecule has 3 aliphatic heterocycles. The van der Waals surface area contributed by atoms with Gasteiger partial charge in [-0.15, -0.1) is 0 Å². The van der Waals surface area contributed by atoms with E-state index in [2.05, 4.69) is 4.74 Å². The van der Waals surface area contributed by atoms with Crippen LogP contribution in [0.1, 0.15) is 50.2 Å². The Morgan fingerprint density at radius 1 is 1.00 bits per heavy atom. The second kappa shape index (κ2) is 9.71. The number of ether oxygens (including phenoxy) is 1. The summed E-state index contributed by atoms with van der Waals surface area (Å²) >= 11 is 0. The Bertz CT molecular complexity index is 906. The Labute approximate surface area is 201 Å². The van der Waals surface area contributed by atoms with E-state index in [-0.39, 0.29) is 25.0 Å². The highest BCUT2D eigenvalue weighted by Crippen LogP contribution is 2.43. The lowest BCUT2D eigenvalue weighted by atomic mass is 9.78. The standard InChI is InChI=1S/C24H31F6N3O2/c1-17(23(25,26)27)35-21(34)33-13-8-22(9-14-33)7-12-31(16-22)15-18-19(24(28,29)30)5-4-6-20(18)32-10-2-3-11-32/h4-6,17H,2-3,7-16H2,1H3. The van der Waals surface area contributed by atoms with Crippen LogP contribution in [0, 0.1) is 5.41 Å². The Hall–Kier alpha value is -2.17. The van der Waals surface area contributed by atoms with Crippen molar-refractivity contribution in [3.05, 3.63) is 29.3 Å². The number of hydrogen-bond acceptors (Lipinski definition) is 4. The highest BCUT2D eigenvalue weighted by Gasteiger charge is 2.44. The van der Waals surface area contributed by atoms with E-state index < -0.39 is 30.1 Å². The number of carbonyl (C=O) groups is 1. The van der Waals surface area contributed by atoms with E-state index in [0.29, 0.717) is 37.2 Å². The van der Waals surface area contributed by atoms with E-state index in [1.54, 1.807) is 6.07 Å². The number of amides is 1. The molecule has 3 heterocycles. The molecule has 3 fully saturated rings. The molecule has 1 aromatic carbocycles. The highest BCUT2D eigenvalue weighted by molar-refractivity contribution is 5.68. The van der Waals surface area contributed by atoms with Crippen LogP contribution >= 0.6 is 0 Å². The Balaban J connectivity index is 1.41. The van der Waals surface area contributed by atoms with Crippen molar-refractivity contribution in [2.24, 2.45) is 5.41 Å². The topological polar surface area (TPSA) is 36.0 Å². The number of carbonyl (C=O) groups excluding carboxylic acids is 1. The summed E-state index contributed by atoms with van der Waals surface area (Å²) in [6.45, 7) is 4.27. The molecule has 1 amide bonds. The largest absolute Gasteiger partial charge is 0.437 e. The number of benzene rings is 1. The van der Waals surface area contributed by atoms with Gasteiger partial charge in [-0.25, -0.2) is 4.79 Å². The fraction of sp³-hybridized carbons (Fsp3) is 0.708. The minimum Gasteiger partial charge on any atom is -0.437 e. The van der Waals surface area contributed by atoms with Gasteiger partial charge in [0.2, 0.25) is 0 Å². The number of nitrogens with zero attached hydrogens (tertiary/aromatic N) is 3. The summed E-state index contributed by atoms with van der Waals surface area (Å²) in [7, 11) is 0. The first-order chi connectivity index (χ1) is 16.4. The minimum absolute atomic E-state index is 0.159. The number of piperidine rings is 1. The lowest BCUT2D eigenvalue weighted by Crippen LogP contribution is -2.46. The highest BCUT2D eigenvalue weighted by atomic mass is 19.4. The van der Waals surface area contributed by atoms with E-state index in [4.69, 9.17) is 0 Å². The third-order valence-electron chi connectivity index (χ3n) is 7.62. The number of likely N-dealkylation sites (tertiary alicyclic amines) is 2. The third-order valence-corrected chi connectivity index (χ3v) is 7.62. The molecule has 0 aromatic heterocycles. The maximum atomic E-state index is 13.9. The molecule has 11 heteroatoms. The van der Waals surface area contributed by atoms with Gasteiger partial charge in [-0.1, -0.05) is 6.07 Å². The van der Waals surface area contributed by atoms with Crippen LogP contribution in [0.15, 0.2) is 18.2 Å². The molecule has 5 nitrogen and oxygen atoms in total. The van der Waals surface area contributed by atoms with Crippen LogP contribution in [-0.4, -0.2) is 67.4 Å². The van der Waals surface area contributed by atoms with Gasteiger partial charge in [-0.3, -0.25) is 4.90 Å². The minimum atomic E-state index is -4.61. The summed E-state index contributed by atoms with van der Waals surface area (Å²) in [6, 6.07) is 4.39. The van der Waals surface area contributed by atoms with Crippen LogP contribution in [0.3, 0.4) is 0 Å². The lowest BCUT2D eigenvalue weighted by molar-refractivity contribution is -0.200. The molecule has 4 rings (SSSR count). The molecule has 35 heavy (non-hydrogen) atoms. The van der Waals surface area contributed by atoms with Crippen molar-refractivity contribution in [1.82, 2.24) is 9.80 Å². The van der Waals surface area contributed by atoms with Gasteiger partial charge in [-0.05, 0) is 63.1 Å². The van der Waals surface area contributed by atoms with Gasteiger partial charge in [0.25, 0.3) is 0 Å². The van der Waals surface area contributed by atoms with Crippen LogP contribution in [-0.2, 0) is 17.5 Å². The SMILES string of the molecule is CC(OC(=O)N1CCC2(CCN(Cc3c(N4CCCC4)cccc3C(F)(F)F)C2)CC1)C(F)(F)F. The van der Waals surface area contributed by atoms with E-state index >= 15 is 0 Å². The predicted molar refractivity (Wildman–Crippen MR) is 118 cm³/mol. The summed E-state index contributed by atoms with van der Waals surface area (Å²) in [5.41, 5.74) is 0.197. The lowest BCUT2D eigenvalue weighted by Gasteiger charge is -2.39. The maximum Gasteiger partial charge on any atom is 0.425 e. The molecule has 0 saturated carbocycles. The van der Waals surface area contributed by atoms with Crippen LogP contribution in [0.25, 0.3) is 0 Å². The van der Waals surface area contributed by atoms with E-state index in [9.17, 15) is 31.1 Å². The second-order valence-electron chi connectivity index (χ2n) is 10.0. The van der Waals surface area contributed by atoms with Crippen molar-refractivity contribution in [3.8, 4) is 0 Å². The molecule has 0 radical (unpaired) electrons. The molecule has 1 spiro atoms. The van der Waals surface area contributed by atoms with Gasteiger partial charge in [-0.2, -0.15) is 26.3 Å². The average Bonchev–Trinajstić information content (AvgIpc) is 3.44. The zero-order chi connectivity index (χ0) is 25.4. The van der Waals surface area contributed by atoms with Gasteiger partial charge in [0.05, 0.1) is 5.56 Å². The normalized spacial score (nSPS) is 22.1. The third kappa shape index (κ3) is 5.81. The molecule has 0 N–H and O–H groups in total. The Morgan fingerprint density at radius 3 is 2.23 bits per heavy atom. The summed E-state index contributed by atoms with van der Waals surface area (Å²) in [5, 5.41) is 0. The van der Waals surface area contributed by atoms with Crippen molar-refractivity contribution in [2.75, 3.05) is 44.2 Å². The quantitative estimate of drug-likeness (QED) is 0.492. The number of halogens is 6. The molecule has 1 atom stereocenters. The maximum absolute atomic E-state index is 13.9. The van der Waals surface area contributed by atoms with E-state index in [0.717, 1.165) is 45.3 Å². The summed E-state index contributed by atoms with van der Waals surface area (Å²) in [6.07, 6.45) is -8.34. The summed E-state index contributed by atoms with van der Waals surface area (Å²) in [5.74, 6) is 0. The molecular weight excluding hydrogens is 476 g/mol. The molecule has 1 unspecified atom stereocenters. The van der Waals surface area contributed by atoms with Crippen LogP contribution in [0.4, 0.5) is 36.8 Å². The first-order valence-corrected chi connectivity index (χ1v) is 12.1. The van der Waals surface area contributed by atoms with Crippen LogP contribution in [0.2, 0.25) is 0 Å². The van der Waals surface area contributed by atoms with E-state index in [1.807, 2.05) is 9.80 Å². The number of hydrogen-bond donors (Lipinski definition) is 0. The van der Waals surface area contributed by atoms with Crippen molar-refractivity contribution in [3.63, 3.8) is 0 Å². The van der Waals surface area contributed by atoms with Crippen molar-refractivity contribution < 1.29 is 35.9 Å². The van der Waals surface area contributed by atoms with Crippen LogP contribution in [0.5, 0.6) is 0 Å². The number of anilines is 1. The van der Waals surface area contributed by atoms with Gasteiger partial charge in [0.15, 0.2) is 6.10 Å².